The molecule has 17 heavy (non-hydrogen) atoms. The normalized spacial score (nSPS) is 14.9. The Hall–Kier alpha value is -1.44. The second-order valence-corrected chi connectivity index (χ2v) is 4.17. The lowest BCUT2D eigenvalue weighted by Crippen LogP contribution is -2.34. The van der Waals surface area contributed by atoms with E-state index in [4.69, 9.17) is 0 Å². The molecule has 0 fully saturated rings. The molecule has 7 heteroatoms. The summed E-state index contributed by atoms with van der Waals surface area (Å²) in [5.74, 6) is 0. The van der Waals surface area contributed by atoms with Gasteiger partial charge >= 0.3 is 7.12 Å². The molecule has 6 nitrogen and oxygen atoms in total. The largest absolute Gasteiger partial charge is 0.492 e. The van der Waals surface area contributed by atoms with E-state index in [-0.39, 0.29) is 5.46 Å². The summed E-state index contributed by atoms with van der Waals surface area (Å²) < 4.78 is 1.43. The van der Waals surface area contributed by atoms with Crippen LogP contribution >= 0.6 is 0 Å². The van der Waals surface area contributed by atoms with E-state index in [1.807, 2.05) is 6.92 Å². The van der Waals surface area contributed by atoms with Gasteiger partial charge in [0.05, 0.1) is 5.69 Å². The molecule has 0 aliphatic carbocycles. The average Bonchev–Trinajstić information content (AvgIpc) is 2.75. The molecule has 2 aromatic heterocycles. The van der Waals surface area contributed by atoms with E-state index in [9.17, 15) is 15.2 Å². The smallest absolute Gasteiger partial charge is 0.423 e. The fourth-order valence-electron chi connectivity index (χ4n) is 1.72. The molecule has 0 aromatic carbocycles. The summed E-state index contributed by atoms with van der Waals surface area (Å²) in [6.07, 6.45) is 1.83. The van der Waals surface area contributed by atoms with Gasteiger partial charge in [0, 0.05) is 5.46 Å². The van der Waals surface area contributed by atoms with E-state index in [0.29, 0.717) is 17.8 Å². The Bertz CT molecular complexity index is 539. The van der Waals surface area contributed by atoms with E-state index >= 15 is 0 Å². The van der Waals surface area contributed by atoms with Gasteiger partial charge in [0.1, 0.15) is 11.9 Å². The fraction of sp³-hybridized carbons (Fsp3) is 0.400. The van der Waals surface area contributed by atoms with E-state index in [0.717, 1.165) is 0 Å². The van der Waals surface area contributed by atoms with Crippen LogP contribution in [0.2, 0.25) is 0 Å². The number of hydrogen-bond acceptors (Lipinski definition) is 5. The summed E-state index contributed by atoms with van der Waals surface area (Å²) in [5, 5.41) is 32.6. The third kappa shape index (κ3) is 1.92. The number of pyridine rings is 1. The molecular formula is C10H14BN3O3. The van der Waals surface area contributed by atoms with Crippen LogP contribution in [0.15, 0.2) is 18.5 Å². The first-order chi connectivity index (χ1) is 7.97. The van der Waals surface area contributed by atoms with Crippen molar-refractivity contribution < 1.29 is 15.2 Å². The Morgan fingerprint density at radius 2 is 2.12 bits per heavy atom. The van der Waals surface area contributed by atoms with Crippen LogP contribution in [-0.2, 0) is 5.60 Å². The maximum atomic E-state index is 10.2. The number of rotatable bonds is 3. The van der Waals surface area contributed by atoms with Crippen molar-refractivity contribution in [1.82, 2.24) is 14.6 Å². The third-order valence-corrected chi connectivity index (χ3v) is 2.97. The molecule has 2 rings (SSSR count). The zero-order valence-corrected chi connectivity index (χ0v) is 9.70. The molecule has 0 aliphatic heterocycles. The predicted molar refractivity (Wildman–Crippen MR) is 62.7 cm³/mol. The molecule has 0 aliphatic rings. The highest BCUT2D eigenvalue weighted by Gasteiger charge is 2.27. The molecule has 0 bridgehead atoms. The minimum absolute atomic E-state index is 0.262. The van der Waals surface area contributed by atoms with Crippen LogP contribution in [-0.4, -0.2) is 36.9 Å². The van der Waals surface area contributed by atoms with Crippen LogP contribution in [0.25, 0.3) is 5.65 Å². The first-order valence-electron chi connectivity index (χ1n) is 5.39. The second kappa shape index (κ2) is 4.10. The summed E-state index contributed by atoms with van der Waals surface area (Å²) in [7, 11) is -1.61. The molecule has 3 N–H and O–H groups in total. The van der Waals surface area contributed by atoms with Crippen molar-refractivity contribution in [2.24, 2.45) is 0 Å². The summed E-state index contributed by atoms with van der Waals surface area (Å²) in [5.41, 5.74) is 0.131. The highest BCUT2D eigenvalue weighted by Crippen LogP contribution is 2.23. The SMILES string of the molecule is CCC(C)(O)c1ccc(B(O)O)c2ncnn12. The first kappa shape index (κ1) is 12.0. The van der Waals surface area contributed by atoms with Crippen LogP contribution in [0.5, 0.6) is 0 Å². The third-order valence-electron chi connectivity index (χ3n) is 2.97. The lowest BCUT2D eigenvalue weighted by atomic mass is 9.80. The molecule has 0 radical (unpaired) electrons. The molecule has 1 atom stereocenters. The van der Waals surface area contributed by atoms with Gasteiger partial charge in [-0.1, -0.05) is 13.0 Å². The van der Waals surface area contributed by atoms with Crippen molar-refractivity contribution in [1.29, 1.82) is 0 Å². The van der Waals surface area contributed by atoms with E-state index < -0.39 is 12.7 Å². The highest BCUT2D eigenvalue weighted by atomic mass is 16.4. The number of nitrogens with zero attached hydrogens (tertiary/aromatic N) is 3. The number of hydrogen-bond donors (Lipinski definition) is 3. The summed E-state index contributed by atoms with van der Waals surface area (Å²) >= 11 is 0. The van der Waals surface area contributed by atoms with Gasteiger partial charge in [0.25, 0.3) is 0 Å². The van der Waals surface area contributed by atoms with E-state index in [2.05, 4.69) is 10.1 Å². The van der Waals surface area contributed by atoms with Crippen molar-refractivity contribution in [3.8, 4) is 0 Å². The van der Waals surface area contributed by atoms with Crippen LogP contribution in [0, 0.1) is 0 Å². The first-order valence-corrected chi connectivity index (χ1v) is 5.39. The van der Waals surface area contributed by atoms with Crippen molar-refractivity contribution in [2.45, 2.75) is 25.9 Å². The van der Waals surface area contributed by atoms with Crippen molar-refractivity contribution in [2.75, 3.05) is 0 Å². The van der Waals surface area contributed by atoms with Crippen LogP contribution in [0.3, 0.4) is 0 Å². The molecule has 2 heterocycles. The molecule has 90 valence electrons. The van der Waals surface area contributed by atoms with Crippen LogP contribution < -0.4 is 5.46 Å². The average molecular weight is 235 g/mol. The fourth-order valence-corrected chi connectivity index (χ4v) is 1.72. The van der Waals surface area contributed by atoms with Gasteiger partial charge in [-0.25, -0.2) is 9.50 Å². The maximum absolute atomic E-state index is 10.2. The van der Waals surface area contributed by atoms with Gasteiger partial charge in [0.15, 0.2) is 5.65 Å². The Morgan fingerprint density at radius 1 is 1.41 bits per heavy atom. The Kier molecular flexibility index (Phi) is 2.90. The van der Waals surface area contributed by atoms with Gasteiger partial charge in [-0.2, -0.15) is 5.10 Å². The number of fused-ring (bicyclic) bond motifs is 1. The zero-order chi connectivity index (χ0) is 12.6. The summed E-state index contributed by atoms with van der Waals surface area (Å²) in [4.78, 5) is 3.97. The predicted octanol–water partition coefficient (Wildman–Crippen LogP) is -0.973. The number of aromatic nitrogens is 3. The lowest BCUT2D eigenvalue weighted by molar-refractivity contribution is 0.0463. The summed E-state index contributed by atoms with van der Waals surface area (Å²) in [6.45, 7) is 3.54. The maximum Gasteiger partial charge on any atom is 0.492 e. The van der Waals surface area contributed by atoms with Gasteiger partial charge < -0.3 is 15.2 Å². The Balaban J connectivity index is 2.69. The van der Waals surface area contributed by atoms with Crippen LogP contribution in [0.1, 0.15) is 26.0 Å². The van der Waals surface area contributed by atoms with E-state index in [1.54, 1.807) is 13.0 Å². The van der Waals surface area contributed by atoms with Crippen molar-refractivity contribution in [3.63, 3.8) is 0 Å². The summed E-state index contributed by atoms with van der Waals surface area (Å²) in [6, 6.07) is 3.16. The molecule has 0 amide bonds. The van der Waals surface area contributed by atoms with Gasteiger partial charge in [0.2, 0.25) is 0 Å². The Labute approximate surface area is 98.7 Å². The highest BCUT2D eigenvalue weighted by molar-refractivity contribution is 6.60. The second-order valence-electron chi connectivity index (χ2n) is 4.17. The molecule has 1 unspecified atom stereocenters. The molecule has 0 saturated heterocycles. The molecule has 0 saturated carbocycles. The lowest BCUT2D eigenvalue weighted by Gasteiger charge is -2.22. The molecular weight excluding hydrogens is 221 g/mol. The number of aliphatic hydroxyl groups is 1. The zero-order valence-electron chi connectivity index (χ0n) is 9.70. The molecule has 2 aromatic rings. The van der Waals surface area contributed by atoms with Gasteiger partial charge in [-0.15, -0.1) is 0 Å². The Morgan fingerprint density at radius 3 is 2.71 bits per heavy atom. The van der Waals surface area contributed by atoms with Gasteiger partial charge in [-0.05, 0) is 19.4 Å². The van der Waals surface area contributed by atoms with Crippen LogP contribution in [0.4, 0.5) is 0 Å². The van der Waals surface area contributed by atoms with Crippen molar-refractivity contribution in [3.05, 3.63) is 24.2 Å². The van der Waals surface area contributed by atoms with Crippen molar-refractivity contribution >= 4 is 18.2 Å². The monoisotopic (exact) mass is 235 g/mol. The van der Waals surface area contributed by atoms with Gasteiger partial charge in [-0.3, -0.25) is 0 Å². The standard InChI is InChI=1S/C10H14BN3O3/c1-3-10(2,15)8-5-4-7(11(16)17)9-12-6-13-14(8)9/h4-6,15-17H,3H2,1-2H3. The quantitative estimate of drug-likeness (QED) is 0.595. The molecule has 0 spiro atoms. The topological polar surface area (TPSA) is 90.9 Å². The minimum atomic E-state index is -1.61. The minimum Gasteiger partial charge on any atom is -0.423 e. The van der Waals surface area contributed by atoms with E-state index in [1.165, 1.54) is 16.9 Å².